The number of hydrogen-bond acceptors (Lipinski definition) is 1. The molecule has 0 heterocycles. The van der Waals surface area contributed by atoms with Gasteiger partial charge in [0.25, 0.3) is 5.91 Å². The Bertz CT molecular complexity index is 384. The molecule has 0 atom stereocenters. The molecule has 0 aromatic heterocycles. The Hall–Kier alpha value is -0.900. The molecule has 1 amide bonds. The predicted molar refractivity (Wildman–Crippen MR) is 63.8 cm³/mol. The van der Waals surface area contributed by atoms with Gasteiger partial charge in [-0.15, -0.1) is 0 Å². The number of benzene rings is 1. The lowest BCUT2D eigenvalue weighted by molar-refractivity contribution is 0.0934. The van der Waals surface area contributed by atoms with Crippen molar-refractivity contribution in [1.29, 1.82) is 0 Å². The fourth-order valence-electron chi connectivity index (χ4n) is 1.74. The number of rotatable bonds is 3. The smallest absolute Gasteiger partial charge is 0.255 e. The zero-order valence-electron chi connectivity index (χ0n) is 8.80. The molecule has 1 aromatic carbocycles. The van der Waals surface area contributed by atoms with Crippen LogP contribution >= 0.6 is 15.9 Å². The Morgan fingerprint density at radius 2 is 2.25 bits per heavy atom. The number of carbonyl (C=O) groups is 1. The fraction of sp³-hybridized carbons (Fsp3) is 0.417. The maximum Gasteiger partial charge on any atom is 0.255 e. The number of nitrogens with one attached hydrogen (secondary N) is 1. The van der Waals surface area contributed by atoms with Crippen molar-refractivity contribution in [1.82, 2.24) is 5.32 Å². The zero-order chi connectivity index (χ0) is 11.5. The molecular weight excluding hydrogens is 273 g/mol. The van der Waals surface area contributed by atoms with Gasteiger partial charge in [0.05, 0.1) is 5.56 Å². The summed E-state index contributed by atoms with van der Waals surface area (Å²) < 4.78 is 13.9. The maximum atomic E-state index is 13.4. The third-order valence-electron chi connectivity index (χ3n) is 2.97. The van der Waals surface area contributed by atoms with E-state index in [2.05, 4.69) is 21.2 Å². The average molecular weight is 286 g/mol. The third-order valence-corrected chi connectivity index (χ3v) is 3.63. The standard InChI is InChI=1S/C12H13BrFNO/c13-9-5-2-6-10(14)11(9)12(16)15-7-8-3-1-4-8/h2,5-6,8H,1,3-4,7H2,(H,15,16). The van der Waals surface area contributed by atoms with Crippen LogP contribution in [0.2, 0.25) is 0 Å². The summed E-state index contributed by atoms with van der Waals surface area (Å²) in [5.41, 5.74) is 0.0989. The first-order valence-electron chi connectivity index (χ1n) is 5.40. The molecule has 86 valence electrons. The summed E-state index contributed by atoms with van der Waals surface area (Å²) >= 11 is 3.18. The number of amides is 1. The maximum absolute atomic E-state index is 13.4. The van der Waals surface area contributed by atoms with Crippen LogP contribution in [0.3, 0.4) is 0 Å². The zero-order valence-corrected chi connectivity index (χ0v) is 10.4. The van der Waals surface area contributed by atoms with Gasteiger partial charge in [-0.25, -0.2) is 4.39 Å². The molecule has 16 heavy (non-hydrogen) atoms. The van der Waals surface area contributed by atoms with E-state index in [1.165, 1.54) is 25.3 Å². The summed E-state index contributed by atoms with van der Waals surface area (Å²) in [7, 11) is 0. The van der Waals surface area contributed by atoms with Gasteiger partial charge in [-0.05, 0) is 46.8 Å². The molecule has 0 aliphatic heterocycles. The first kappa shape index (κ1) is 11.6. The van der Waals surface area contributed by atoms with Crippen LogP contribution in [0, 0.1) is 11.7 Å². The van der Waals surface area contributed by atoms with Crippen LogP contribution in [0.5, 0.6) is 0 Å². The van der Waals surface area contributed by atoms with Crippen molar-refractivity contribution >= 4 is 21.8 Å². The minimum Gasteiger partial charge on any atom is -0.352 e. The second-order valence-corrected chi connectivity index (χ2v) is 4.96. The number of hydrogen-bond donors (Lipinski definition) is 1. The van der Waals surface area contributed by atoms with Gasteiger partial charge < -0.3 is 5.32 Å². The largest absolute Gasteiger partial charge is 0.352 e. The van der Waals surface area contributed by atoms with Crippen molar-refractivity contribution in [3.05, 3.63) is 34.1 Å². The van der Waals surface area contributed by atoms with Crippen LogP contribution in [-0.4, -0.2) is 12.5 Å². The molecule has 1 aromatic rings. The highest BCUT2D eigenvalue weighted by Crippen LogP contribution is 2.25. The molecule has 0 unspecified atom stereocenters. The normalized spacial score (nSPS) is 15.6. The van der Waals surface area contributed by atoms with Gasteiger partial charge in [0, 0.05) is 11.0 Å². The van der Waals surface area contributed by atoms with Gasteiger partial charge in [-0.3, -0.25) is 4.79 Å². The first-order chi connectivity index (χ1) is 7.68. The van der Waals surface area contributed by atoms with Crippen molar-refractivity contribution in [3.63, 3.8) is 0 Å². The molecule has 0 radical (unpaired) electrons. The van der Waals surface area contributed by atoms with E-state index in [1.54, 1.807) is 12.1 Å². The summed E-state index contributed by atoms with van der Waals surface area (Å²) in [6, 6.07) is 4.53. The van der Waals surface area contributed by atoms with Crippen molar-refractivity contribution in [2.75, 3.05) is 6.54 Å². The van der Waals surface area contributed by atoms with Crippen molar-refractivity contribution in [2.45, 2.75) is 19.3 Å². The first-order valence-corrected chi connectivity index (χ1v) is 6.20. The fourth-order valence-corrected chi connectivity index (χ4v) is 2.26. The molecule has 1 fully saturated rings. The van der Waals surface area contributed by atoms with Crippen LogP contribution < -0.4 is 5.32 Å². The summed E-state index contributed by atoms with van der Waals surface area (Å²) in [5.74, 6) is -0.244. The molecule has 1 saturated carbocycles. The molecule has 2 rings (SSSR count). The molecule has 1 aliphatic carbocycles. The monoisotopic (exact) mass is 285 g/mol. The highest BCUT2D eigenvalue weighted by molar-refractivity contribution is 9.10. The molecule has 0 spiro atoms. The summed E-state index contributed by atoms with van der Waals surface area (Å²) in [4.78, 5) is 11.7. The molecule has 0 bridgehead atoms. The van der Waals surface area contributed by atoms with Crippen molar-refractivity contribution in [3.8, 4) is 0 Å². The van der Waals surface area contributed by atoms with Gasteiger partial charge in [0.2, 0.25) is 0 Å². The van der Waals surface area contributed by atoms with E-state index < -0.39 is 5.82 Å². The molecule has 2 nitrogen and oxygen atoms in total. The molecule has 0 saturated heterocycles. The van der Waals surface area contributed by atoms with Gasteiger partial charge >= 0.3 is 0 Å². The van der Waals surface area contributed by atoms with Gasteiger partial charge in [0.1, 0.15) is 5.82 Å². The van der Waals surface area contributed by atoms with E-state index >= 15 is 0 Å². The minimum absolute atomic E-state index is 0.0989. The SMILES string of the molecule is O=C(NCC1CCC1)c1c(F)cccc1Br. The average Bonchev–Trinajstić information content (AvgIpc) is 2.15. The van der Waals surface area contributed by atoms with E-state index in [0.29, 0.717) is 16.9 Å². The lowest BCUT2D eigenvalue weighted by Crippen LogP contribution is -2.32. The number of halogens is 2. The van der Waals surface area contributed by atoms with Gasteiger partial charge in [-0.2, -0.15) is 0 Å². The quantitative estimate of drug-likeness (QED) is 0.908. The Morgan fingerprint density at radius 1 is 1.50 bits per heavy atom. The Morgan fingerprint density at radius 3 is 2.81 bits per heavy atom. The summed E-state index contributed by atoms with van der Waals surface area (Å²) in [5, 5.41) is 2.77. The Kier molecular flexibility index (Phi) is 3.59. The summed E-state index contributed by atoms with van der Waals surface area (Å²) in [6.07, 6.45) is 3.57. The lowest BCUT2D eigenvalue weighted by Gasteiger charge is -2.25. The minimum atomic E-state index is -0.486. The van der Waals surface area contributed by atoms with E-state index in [0.717, 1.165) is 0 Å². The highest BCUT2D eigenvalue weighted by atomic mass is 79.9. The van der Waals surface area contributed by atoms with E-state index in [4.69, 9.17) is 0 Å². The molecular formula is C12H13BrFNO. The second-order valence-electron chi connectivity index (χ2n) is 4.10. The highest BCUT2D eigenvalue weighted by Gasteiger charge is 2.20. The van der Waals surface area contributed by atoms with Crippen LogP contribution in [0.1, 0.15) is 29.6 Å². The van der Waals surface area contributed by atoms with Crippen LogP contribution in [0.15, 0.2) is 22.7 Å². The predicted octanol–water partition coefficient (Wildman–Crippen LogP) is 3.12. The van der Waals surface area contributed by atoms with E-state index in [1.807, 2.05) is 0 Å². The van der Waals surface area contributed by atoms with Crippen LogP contribution in [-0.2, 0) is 0 Å². The second kappa shape index (κ2) is 4.95. The topological polar surface area (TPSA) is 29.1 Å². The Labute approximate surface area is 102 Å². The van der Waals surface area contributed by atoms with E-state index in [-0.39, 0.29) is 11.5 Å². The van der Waals surface area contributed by atoms with Crippen molar-refractivity contribution in [2.24, 2.45) is 5.92 Å². The lowest BCUT2D eigenvalue weighted by atomic mass is 9.85. The van der Waals surface area contributed by atoms with Gasteiger partial charge in [-0.1, -0.05) is 12.5 Å². The molecule has 1 N–H and O–H groups in total. The van der Waals surface area contributed by atoms with Crippen LogP contribution in [0.4, 0.5) is 4.39 Å². The van der Waals surface area contributed by atoms with Gasteiger partial charge in [0.15, 0.2) is 0 Å². The number of carbonyl (C=O) groups excluding carboxylic acids is 1. The van der Waals surface area contributed by atoms with Crippen molar-refractivity contribution < 1.29 is 9.18 Å². The summed E-state index contributed by atoms with van der Waals surface area (Å²) in [6.45, 7) is 0.652. The van der Waals surface area contributed by atoms with E-state index in [9.17, 15) is 9.18 Å². The molecule has 1 aliphatic rings. The third kappa shape index (κ3) is 2.43. The van der Waals surface area contributed by atoms with Crippen LogP contribution in [0.25, 0.3) is 0 Å². The Balaban J connectivity index is 2.02. The molecule has 4 heteroatoms.